The van der Waals surface area contributed by atoms with Crippen LogP contribution in [-0.4, -0.2) is 60.4 Å². The first-order valence-corrected chi connectivity index (χ1v) is 8.22. The van der Waals surface area contributed by atoms with Crippen LogP contribution in [0.4, 0.5) is 4.79 Å². The van der Waals surface area contributed by atoms with Crippen molar-refractivity contribution in [2.24, 2.45) is 0 Å². The Bertz CT molecular complexity index is 634. The van der Waals surface area contributed by atoms with Gasteiger partial charge in [-0.1, -0.05) is 12.1 Å². The van der Waals surface area contributed by atoms with Crippen molar-refractivity contribution in [3.8, 4) is 0 Å². The Hall–Kier alpha value is -2.12. The van der Waals surface area contributed by atoms with E-state index in [0.717, 1.165) is 31.5 Å². The summed E-state index contributed by atoms with van der Waals surface area (Å²) < 4.78 is 0. The van der Waals surface area contributed by atoms with Crippen molar-refractivity contribution in [3.63, 3.8) is 0 Å². The van der Waals surface area contributed by atoms with Gasteiger partial charge < -0.3 is 15.5 Å². The lowest BCUT2D eigenvalue weighted by molar-refractivity contribution is -0.125. The molecule has 1 aromatic carbocycles. The molecule has 25 heavy (non-hydrogen) atoms. The molecule has 4 amide bonds. The molecule has 1 aromatic rings. The molecule has 0 saturated carbocycles. The second-order valence-corrected chi connectivity index (χ2v) is 6.21. The van der Waals surface area contributed by atoms with Gasteiger partial charge in [0.1, 0.15) is 0 Å². The van der Waals surface area contributed by atoms with Gasteiger partial charge in [-0.25, -0.2) is 4.79 Å². The molecule has 2 aliphatic rings. The number of benzene rings is 1. The molecule has 0 radical (unpaired) electrons. The zero-order chi connectivity index (χ0) is 17.1. The fraction of sp³-hybridized carbons (Fsp3) is 0.471. The number of carbonyl (C=O) groups is 3. The van der Waals surface area contributed by atoms with E-state index in [1.807, 2.05) is 11.9 Å². The minimum Gasteiger partial charge on any atom is -0.337 e. The molecule has 8 heteroatoms. The van der Waals surface area contributed by atoms with Crippen LogP contribution in [-0.2, 0) is 11.3 Å². The van der Waals surface area contributed by atoms with E-state index < -0.39 is 0 Å². The van der Waals surface area contributed by atoms with E-state index in [4.69, 9.17) is 0 Å². The first-order chi connectivity index (χ1) is 11.6. The summed E-state index contributed by atoms with van der Waals surface area (Å²) in [5.74, 6) is -0.205. The van der Waals surface area contributed by atoms with Gasteiger partial charge in [-0.05, 0) is 37.6 Å². The first-order valence-electron chi connectivity index (χ1n) is 8.22. The maximum absolute atomic E-state index is 12.6. The lowest BCUT2D eigenvalue weighted by atomic mass is 10.0. The van der Waals surface area contributed by atoms with Crippen molar-refractivity contribution in [1.29, 1.82) is 0 Å². The van der Waals surface area contributed by atoms with Crippen LogP contribution in [0.1, 0.15) is 28.8 Å². The SMILES string of the molecule is CNC1CCCN(C(=O)c2ccc(CN3C(=O)CNC3=O)cc2)C1.Cl. The molecule has 2 fully saturated rings. The summed E-state index contributed by atoms with van der Waals surface area (Å²) in [5, 5.41) is 5.72. The van der Waals surface area contributed by atoms with Gasteiger partial charge in [0, 0.05) is 24.7 Å². The normalized spacial score (nSPS) is 20.3. The molecule has 136 valence electrons. The third kappa shape index (κ3) is 4.29. The van der Waals surface area contributed by atoms with Crippen LogP contribution in [0.15, 0.2) is 24.3 Å². The van der Waals surface area contributed by atoms with Crippen LogP contribution in [0.25, 0.3) is 0 Å². The average molecular weight is 367 g/mol. The lowest BCUT2D eigenvalue weighted by Crippen LogP contribution is -2.46. The number of urea groups is 1. The highest BCUT2D eigenvalue weighted by atomic mass is 35.5. The lowest BCUT2D eigenvalue weighted by Gasteiger charge is -2.32. The molecule has 1 atom stereocenters. The van der Waals surface area contributed by atoms with E-state index in [-0.39, 0.29) is 43.3 Å². The molecule has 3 rings (SSSR count). The number of nitrogens with zero attached hydrogens (tertiary/aromatic N) is 2. The van der Waals surface area contributed by atoms with Crippen molar-refractivity contribution in [2.75, 3.05) is 26.7 Å². The third-order valence-electron chi connectivity index (χ3n) is 4.60. The highest BCUT2D eigenvalue weighted by molar-refractivity contribution is 6.01. The highest BCUT2D eigenvalue weighted by Gasteiger charge is 2.28. The Labute approximate surface area is 153 Å². The molecule has 1 unspecified atom stereocenters. The predicted molar refractivity (Wildman–Crippen MR) is 95.6 cm³/mol. The standard InChI is InChI=1S/C17H22N4O3.ClH/c1-18-14-3-2-8-20(11-14)16(23)13-6-4-12(5-7-13)10-21-15(22)9-19-17(21)24;/h4-7,14,18H,2-3,8-11H2,1H3,(H,19,24);1H. The number of halogens is 1. The maximum atomic E-state index is 12.6. The largest absolute Gasteiger partial charge is 0.337 e. The van der Waals surface area contributed by atoms with Gasteiger partial charge in [-0.3, -0.25) is 14.5 Å². The highest BCUT2D eigenvalue weighted by Crippen LogP contribution is 2.15. The molecule has 2 heterocycles. The molecule has 2 aliphatic heterocycles. The number of nitrogens with one attached hydrogen (secondary N) is 2. The van der Waals surface area contributed by atoms with Crippen molar-refractivity contribution in [1.82, 2.24) is 20.4 Å². The van der Waals surface area contributed by atoms with Gasteiger partial charge in [0.2, 0.25) is 5.91 Å². The first kappa shape index (κ1) is 19.2. The van der Waals surface area contributed by atoms with Crippen LogP contribution in [0.3, 0.4) is 0 Å². The molecular weight excluding hydrogens is 344 g/mol. The Morgan fingerprint density at radius 2 is 2.00 bits per heavy atom. The fourth-order valence-corrected chi connectivity index (χ4v) is 3.13. The summed E-state index contributed by atoms with van der Waals surface area (Å²) in [5.41, 5.74) is 1.45. The van der Waals surface area contributed by atoms with Crippen LogP contribution < -0.4 is 10.6 Å². The van der Waals surface area contributed by atoms with Crippen LogP contribution in [0.2, 0.25) is 0 Å². The quantitative estimate of drug-likeness (QED) is 0.778. The summed E-state index contributed by atoms with van der Waals surface area (Å²) in [6.45, 7) is 1.78. The number of likely N-dealkylation sites (tertiary alicyclic amines) is 1. The van der Waals surface area contributed by atoms with Crippen LogP contribution >= 0.6 is 12.4 Å². The minimum atomic E-state index is -0.369. The topological polar surface area (TPSA) is 81.8 Å². The molecule has 2 N–H and O–H groups in total. The Morgan fingerprint density at radius 3 is 2.60 bits per heavy atom. The Balaban J connectivity index is 0.00000225. The van der Waals surface area contributed by atoms with Crippen molar-refractivity contribution < 1.29 is 14.4 Å². The summed E-state index contributed by atoms with van der Waals surface area (Å²) in [6, 6.07) is 7.10. The maximum Gasteiger partial charge on any atom is 0.324 e. The second-order valence-electron chi connectivity index (χ2n) is 6.21. The number of carbonyl (C=O) groups excluding carboxylic acids is 3. The number of piperidine rings is 1. The predicted octanol–water partition coefficient (Wildman–Crippen LogP) is 0.984. The van der Waals surface area contributed by atoms with Gasteiger partial charge >= 0.3 is 6.03 Å². The fourth-order valence-electron chi connectivity index (χ4n) is 3.13. The Morgan fingerprint density at radius 1 is 1.28 bits per heavy atom. The average Bonchev–Trinajstić information content (AvgIpc) is 2.94. The summed E-state index contributed by atoms with van der Waals surface area (Å²) >= 11 is 0. The monoisotopic (exact) mass is 366 g/mol. The van der Waals surface area contributed by atoms with Gasteiger partial charge in [0.25, 0.3) is 5.91 Å². The number of rotatable bonds is 4. The van der Waals surface area contributed by atoms with Gasteiger partial charge in [0.15, 0.2) is 0 Å². The van der Waals surface area contributed by atoms with E-state index >= 15 is 0 Å². The minimum absolute atomic E-state index is 0. The smallest absolute Gasteiger partial charge is 0.324 e. The number of amides is 4. The summed E-state index contributed by atoms with van der Waals surface area (Å²) in [6.07, 6.45) is 2.09. The van der Waals surface area contributed by atoms with Crippen LogP contribution in [0.5, 0.6) is 0 Å². The number of hydrogen-bond acceptors (Lipinski definition) is 4. The van der Waals surface area contributed by atoms with Crippen molar-refractivity contribution in [3.05, 3.63) is 35.4 Å². The zero-order valence-electron chi connectivity index (χ0n) is 14.2. The van der Waals surface area contributed by atoms with Crippen molar-refractivity contribution >= 4 is 30.3 Å². The second kappa shape index (κ2) is 8.31. The molecule has 0 bridgehead atoms. The molecule has 0 aliphatic carbocycles. The van der Waals surface area contributed by atoms with E-state index in [2.05, 4.69) is 10.6 Å². The van der Waals surface area contributed by atoms with E-state index in [0.29, 0.717) is 11.6 Å². The zero-order valence-corrected chi connectivity index (χ0v) is 15.0. The summed E-state index contributed by atoms with van der Waals surface area (Å²) in [7, 11) is 1.92. The Kier molecular flexibility index (Phi) is 6.39. The number of hydrogen-bond donors (Lipinski definition) is 2. The van der Waals surface area contributed by atoms with E-state index in [9.17, 15) is 14.4 Å². The molecule has 2 saturated heterocycles. The van der Waals surface area contributed by atoms with Gasteiger partial charge in [0.05, 0.1) is 13.1 Å². The number of likely N-dealkylation sites (N-methyl/N-ethyl adjacent to an activating group) is 1. The summed E-state index contributed by atoms with van der Waals surface area (Å²) in [4.78, 5) is 38.8. The third-order valence-corrected chi connectivity index (χ3v) is 4.60. The molecule has 7 nitrogen and oxygen atoms in total. The van der Waals surface area contributed by atoms with E-state index in [1.165, 1.54) is 4.90 Å². The van der Waals surface area contributed by atoms with Gasteiger partial charge in [-0.15, -0.1) is 12.4 Å². The van der Waals surface area contributed by atoms with Crippen molar-refractivity contribution in [2.45, 2.75) is 25.4 Å². The molecular formula is C17H23ClN4O3. The molecule has 0 spiro atoms. The number of imide groups is 1. The van der Waals surface area contributed by atoms with Gasteiger partial charge in [-0.2, -0.15) is 0 Å². The van der Waals surface area contributed by atoms with Crippen LogP contribution in [0, 0.1) is 0 Å². The van der Waals surface area contributed by atoms with E-state index in [1.54, 1.807) is 24.3 Å². The molecule has 0 aromatic heterocycles.